The number of sulfonamides is 1. The van der Waals surface area contributed by atoms with Crippen LogP contribution in [0.5, 0.6) is 5.75 Å². The van der Waals surface area contributed by atoms with Crippen LogP contribution < -0.4 is 15.2 Å². The van der Waals surface area contributed by atoms with Gasteiger partial charge in [0.15, 0.2) is 0 Å². The second-order valence-corrected chi connectivity index (χ2v) is 10.3. The van der Waals surface area contributed by atoms with Crippen molar-refractivity contribution in [3.05, 3.63) is 46.4 Å². The van der Waals surface area contributed by atoms with Crippen LogP contribution in [0.1, 0.15) is 6.42 Å². The number of benzene rings is 1. The lowest BCUT2D eigenvalue weighted by molar-refractivity contribution is 0.0853. The van der Waals surface area contributed by atoms with Gasteiger partial charge in [0.25, 0.3) is 5.92 Å². The Morgan fingerprint density at radius 2 is 1.73 bits per heavy atom. The molecule has 1 saturated heterocycles. The first-order valence-electron chi connectivity index (χ1n) is 9.90. The number of aromatic nitrogens is 2. The number of alkyl halides is 3. The van der Waals surface area contributed by atoms with E-state index < -0.39 is 50.9 Å². The molecule has 0 radical (unpaired) electrons. The zero-order valence-corrected chi connectivity index (χ0v) is 18.6. The van der Waals surface area contributed by atoms with E-state index in [-0.39, 0.29) is 49.7 Å². The van der Waals surface area contributed by atoms with Crippen LogP contribution in [0.4, 0.5) is 23.2 Å². The molecule has 1 unspecified atom stereocenters. The van der Waals surface area contributed by atoms with Crippen molar-refractivity contribution < 1.29 is 30.7 Å². The van der Waals surface area contributed by atoms with Gasteiger partial charge in [-0.3, -0.25) is 4.79 Å². The quantitative estimate of drug-likeness (QED) is 0.419. The molecule has 1 aromatic heterocycles. The Morgan fingerprint density at radius 3 is 2.27 bits per heavy atom. The first-order chi connectivity index (χ1) is 15.5. The fourth-order valence-electron chi connectivity index (χ4n) is 3.55. The van der Waals surface area contributed by atoms with Crippen LogP contribution >= 0.6 is 11.6 Å². The van der Waals surface area contributed by atoms with E-state index in [1.807, 2.05) is 0 Å². The van der Waals surface area contributed by atoms with Gasteiger partial charge < -0.3 is 9.64 Å². The highest BCUT2D eigenvalue weighted by molar-refractivity contribution is 7.90. The summed E-state index contributed by atoms with van der Waals surface area (Å²) < 4.78 is 85.3. The van der Waals surface area contributed by atoms with Crippen LogP contribution in [0.2, 0.25) is 0 Å². The van der Waals surface area contributed by atoms with Gasteiger partial charge in [0.05, 0.1) is 24.4 Å². The standard InChI is InChI=1S/C19H19ClF4N4O4S/c20-11-33(30,31)27-3-1-26(2-4-27)16-9-25-28(15-6-13(21)5-14(22)7-15)18(29)17(16)32-10-12-8-19(12,23)24/h5-7,9,12H,1-4,8,10-11H2. The van der Waals surface area contributed by atoms with Crippen molar-refractivity contribution >= 4 is 27.3 Å². The van der Waals surface area contributed by atoms with Crippen LogP contribution in [0.3, 0.4) is 0 Å². The molecule has 2 aromatic rings. The minimum absolute atomic E-state index is 0.0768. The van der Waals surface area contributed by atoms with E-state index in [0.717, 1.165) is 12.1 Å². The molecule has 0 amide bonds. The largest absolute Gasteiger partial charge is 0.486 e. The molecule has 1 aromatic carbocycles. The number of hydrogen-bond donors (Lipinski definition) is 0. The zero-order chi connectivity index (χ0) is 24.0. The van der Waals surface area contributed by atoms with Crippen molar-refractivity contribution in [3.8, 4) is 11.4 Å². The van der Waals surface area contributed by atoms with E-state index in [2.05, 4.69) is 5.10 Å². The van der Waals surface area contributed by atoms with Gasteiger partial charge in [-0.15, -0.1) is 11.6 Å². The van der Waals surface area contributed by atoms with Crippen LogP contribution in [0.25, 0.3) is 5.69 Å². The third-order valence-corrected chi connectivity index (χ3v) is 7.76. The SMILES string of the molecule is O=c1c(OCC2CC2(F)F)c(N2CCN(S(=O)(=O)CCl)CC2)cnn1-c1cc(F)cc(F)c1. The molecule has 0 spiro atoms. The molecule has 4 rings (SSSR count). The van der Waals surface area contributed by atoms with E-state index >= 15 is 0 Å². The second kappa shape index (κ2) is 8.76. The van der Waals surface area contributed by atoms with E-state index in [1.165, 1.54) is 10.5 Å². The molecule has 1 atom stereocenters. The normalized spacial score (nSPS) is 20.6. The van der Waals surface area contributed by atoms with Gasteiger partial charge in [0.1, 0.15) is 22.5 Å². The van der Waals surface area contributed by atoms with E-state index in [0.29, 0.717) is 10.7 Å². The van der Waals surface area contributed by atoms with Gasteiger partial charge in [0.2, 0.25) is 15.8 Å². The molecule has 1 aliphatic carbocycles. The maximum absolute atomic E-state index is 13.7. The van der Waals surface area contributed by atoms with Gasteiger partial charge in [-0.1, -0.05) is 0 Å². The number of nitrogens with zero attached hydrogens (tertiary/aromatic N) is 4. The summed E-state index contributed by atoms with van der Waals surface area (Å²) in [5.41, 5.74) is -0.930. The fraction of sp³-hybridized carbons (Fsp3) is 0.474. The van der Waals surface area contributed by atoms with Crippen molar-refractivity contribution in [2.75, 3.05) is 42.9 Å². The number of ether oxygens (including phenoxy) is 1. The van der Waals surface area contributed by atoms with Gasteiger partial charge in [-0.25, -0.2) is 26.0 Å². The van der Waals surface area contributed by atoms with Crippen molar-refractivity contribution in [1.29, 1.82) is 0 Å². The van der Waals surface area contributed by atoms with E-state index in [9.17, 15) is 30.8 Å². The maximum atomic E-state index is 13.7. The number of rotatable bonds is 7. The number of anilines is 1. The van der Waals surface area contributed by atoms with Gasteiger partial charge >= 0.3 is 5.56 Å². The molecule has 14 heteroatoms. The molecule has 8 nitrogen and oxygen atoms in total. The molecule has 1 aliphatic heterocycles. The Bertz CT molecular complexity index is 1200. The number of halogens is 5. The highest BCUT2D eigenvalue weighted by Gasteiger charge is 2.57. The average molecular weight is 511 g/mol. The van der Waals surface area contributed by atoms with Crippen molar-refractivity contribution in [1.82, 2.24) is 14.1 Å². The minimum atomic E-state index is -3.62. The molecule has 2 heterocycles. The van der Waals surface area contributed by atoms with Crippen molar-refractivity contribution in [2.45, 2.75) is 12.3 Å². The predicted molar refractivity (Wildman–Crippen MR) is 112 cm³/mol. The summed E-state index contributed by atoms with van der Waals surface area (Å²) in [4.78, 5) is 14.7. The lowest BCUT2D eigenvalue weighted by atomic mass is 10.2. The topological polar surface area (TPSA) is 84.7 Å². The van der Waals surface area contributed by atoms with Crippen LogP contribution in [-0.4, -0.2) is 66.4 Å². The first-order valence-corrected chi connectivity index (χ1v) is 12.0. The average Bonchev–Trinajstić information content (AvgIpc) is 3.38. The number of piperazine rings is 1. The van der Waals surface area contributed by atoms with Gasteiger partial charge in [-0.05, 0) is 12.1 Å². The lowest BCUT2D eigenvalue weighted by Crippen LogP contribution is -2.49. The third-order valence-electron chi connectivity index (χ3n) is 5.50. The summed E-state index contributed by atoms with van der Waals surface area (Å²) in [6.45, 7) is 0.0374. The van der Waals surface area contributed by atoms with Gasteiger partial charge in [-0.2, -0.15) is 14.1 Å². The molecular formula is C19H19ClF4N4O4S. The Kier molecular flexibility index (Phi) is 6.31. The molecular weight excluding hydrogens is 492 g/mol. The van der Waals surface area contributed by atoms with Crippen LogP contribution in [-0.2, 0) is 10.0 Å². The van der Waals surface area contributed by atoms with Crippen molar-refractivity contribution in [3.63, 3.8) is 0 Å². The van der Waals surface area contributed by atoms with Crippen LogP contribution in [0.15, 0.2) is 29.2 Å². The Balaban J connectivity index is 1.66. The minimum Gasteiger partial charge on any atom is -0.486 e. The molecule has 2 aliphatic rings. The second-order valence-electron chi connectivity index (χ2n) is 7.78. The molecule has 33 heavy (non-hydrogen) atoms. The first kappa shape index (κ1) is 23.8. The number of hydrogen-bond acceptors (Lipinski definition) is 6. The van der Waals surface area contributed by atoms with Crippen LogP contribution in [0, 0.1) is 17.6 Å². The summed E-state index contributed by atoms with van der Waals surface area (Å²) >= 11 is 5.49. The smallest absolute Gasteiger partial charge is 0.316 e. The Morgan fingerprint density at radius 1 is 1.12 bits per heavy atom. The monoisotopic (exact) mass is 510 g/mol. The molecule has 0 N–H and O–H groups in total. The highest BCUT2D eigenvalue weighted by Crippen LogP contribution is 2.48. The Hall–Kier alpha value is -2.38. The summed E-state index contributed by atoms with van der Waals surface area (Å²) in [5.74, 6) is -6.10. The zero-order valence-electron chi connectivity index (χ0n) is 17.1. The molecule has 1 saturated carbocycles. The maximum Gasteiger partial charge on any atom is 0.316 e. The third kappa shape index (κ3) is 4.94. The lowest BCUT2D eigenvalue weighted by Gasteiger charge is -2.35. The molecule has 0 bridgehead atoms. The molecule has 2 fully saturated rings. The summed E-state index contributed by atoms with van der Waals surface area (Å²) in [6, 6.07) is 2.42. The highest BCUT2D eigenvalue weighted by atomic mass is 35.5. The van der Waals surface area contributed by atoms with Crippen molar-refractivity contribution in [2.24, 2.45) is 5.92 Å². The van der Waals surface area contributed by atoms with Gasteiger partial charge in [0, 0.05) is 38.7 Å². The fourth-order valence-corrected chi connectivity index (χ4v) is 4.82. The summed E-state index contributed by atoms with van der Waals surface area (Å²) in [7, 11) is -3.62. The predicted octanol–water partition coefficient (Wildman–Crippen LogP) is 2.19. The summed E-state index contributed by atoms with van der Waals surface area (Å²) in [5, 5.41) is 3.40. The summed E-state index contributed by atoms with van der Waals surface area (Å²) in [6.07, 6.45) is 0.849. The molecule has 180 valence electrons. The van der Waals surface area contributed by atoms with E-state index in [4.69, 9.17) is 16.3 Å². The Labute approximate surface area is 191 Å². The van der Waals surface area contributed by atoms with E-state index in [1.54, 1.807) is 4.90 Å².